The standard InChI is InChI=1S/C23H32N2O3/c1-2-24(13-14-26)16-21-9-5-6-10-23(21)28-18-22(27)17-25-12-11-19-7-3-4-8-20(19)15-25/h3-10,22,26-27H,2,11-18H2,1H3/t22-/m0/s1. The van der Waals surface area contributed by atoms with Crippen molar-refractivity contribution in [1.82, 2.24) is 9.80 Å². The van der Waals surface area contributed by atoms with Gasteiger partial charge in [0.15, 0.2) is 0 Å². The summed E-state index contributed by atoms with van der Waals surface area (Å²) in [4.78, 5) is 4.46. The zero-order valence-electron chi connectivity index (χ0n) is 16.8. The third kappa shape index (κ3) is 5.79. The van der Waals surface area contributed by atoms with Gasteiger partial charge in [0.05, 0.1) is 6.61 Å². The highest BCUT2D eigenvalue weighted by Crippen LogP contribution is 2.21. The van der Waals surface area contributed by atoms with Gasteiger partial charge in [-0.3, -0.25) is 9.80 Å². The van der Waals surface area contributed by atoms with Crippen molar-refractivity contribution < 1.29 is 14.9 Å². The molecule has 28 heavy (non-hydrogen) atoms. The third-order valence-corrected chi connectivity index (χ3v) is 5.34. The van der Waals surface area contributed by atoms with Crippen LogP contribution in [0, 0.1) is 0 Å². The number of ether oxygens (including phenoxy) is 1. The monoisotopic (exact) mass is 384 g/mol. The van der Waals surface area contributed by atoms with Crippen LogP contribution in [0.5, 0.6) is 5.75 Å². The summed E-state index contributed by atoms with van der Waals surface area (Å²) in [5, 5.41) is 19.7. The van der Waals surface area contributed by atoms with E-state index in [2.05, 4.69) is 41.0 Å². The molecule has 0 unspecified atom stereocenters. The average Bonchev–Trinajstić information content (AvgIpc) is 2.72. The van der Waals surface area contributed by atoms with Crippen molar-refractivity contribution in [3.05, 3.63) is 65.2 Å². The van der Waals surface area contributed by atoms with Gasteiger partial charge in [-0.25, -0.2) is 0 Å². The molecule has 2 N–H and O–H groups in total. The molecular weight excluding hydrogens is 352 g/mol. The first-order chi connectivity index (χ1) is 13.7. The van der Waals surface area contributed by atoms with Crippen LogP contribution in [0.1, 0.15) is 23.6 Å². The Morgan fingerprint density at radius 2 is 1.86 bits per heavy atom. The van der Waals surface area contributed by atoms with Crippen LogP contribution in [0.3, 0.4) is 0 Å². The maximum Gasteiger partial charge on any atom is 0.123 e. The van der Waals surface area contributed by atoms with Crippen molar-refractivity contribution >= 4 is 0 Å². The van der Waals surface area contributed by atoms with Gasteiger partial charge in [0.25, 0.3) is 0 Å². The van der Waals surface area contributed by atoms with Crippen LogP contribution in [0.15, 0.2) is 48.5 Å². The second-order valence-corrected chi connectivity index (χ2v) is 7.42. The quantitative estimate of drug-likeness (QED) is 0.658. The number of rotatable bonds is 10. The topological polar surface area (TPSA) is 56.2 Å². The van der Waals surface area contributed by atoms with Crippen molar-refractivity contribution in [3.8, 4) is 5.75 Å². The van der Waals surface area contributed by atoms with E-state index in [1.807, 2.05) is 24.3 Å². The maximum absolute atomic E-state index is 10.5. The van der Waals surface area contributed by atoms with Crippen LogP contribution >= 0.6 is 0 Å². The smallest absolute Gasteiger partial charge is 0.123 e. The van der Waals surface area contributed by atoms with E-state index >= 15 is 0 Å². The maximum atomic E-state index is 10.5. The molecule has 0 fully saturated rings. The Labute approximate surface area is 168 Å². The first-order valence-electron chi connectivity index (χ1n) is 10.2. The minimum Gasteiger partial charge on any atom is -0.491 e. The molecule has 0 aromatic heterocycles. The largest absolute Gasteiger partial charge is 0.491 e. The van der Waals surface area contributed by atoms with Crippen LogP contribution in [-0.4, -0.2) is 65.5 Å². The predicted octanol–water partition coefficient (Wildman–Crippen LogP) is 2.30. The molecule has 0 saturated heterocycles. The summed E-state index contributed by atoms with van der Waals surface area (Å²) in [5.74, 6) is 0.807. The molecular formula is C23H32N2O3. The van der Waals surface area contributed by atoms with Gasteiger partial charge >= 0.3 is 0 Å². The third-order valence-electron chi connectivity index (χ3n) is 5.34. The number of fused-ring (bicyclic) bond motifs is 1. The molecule has 1 aliphatic rings. The lowest BCUT2D eigenvalue weighted by atomic mass is 10.00. The van der Waals surface area contributed by atoms with Crippen molar-refractivity contribution in [1.29, 1.82) is 0 Å². The Kier molecular flexibility index (Phi) is 7.86. The Balaban J connectivity index is 1.51. The number of nitrogens with zero attached hydrogens (tertiary/aromatic N) is 2. The highest BCUT2D eigenvalue weighted by molar-refractivity contribution is 5.33. The van der Waals surface area contributed by atoms with Crippen LogP contribution in [-0.2, 0) is 19.5 Å². The molecule has 0 saturated carbocycles. The number of benzene rings is 2. The highest BCUT2D eigenvalue weighted by atomic mass is 16.5. The zero-order valence-corrected chi connectivity index (χ0v) is 16.8. The highest BCUT2D eigenvalue weighted by Gasteiger charge is 2.19. The molecule has 0 radical (unpaired) electrons. The lowest BCUT2D eigenvalue weighted by Gasteiger charge is -2.30. The van der Waals surface area contributed by atoms with Gasteiger partial charge in [-0.1, -0.05) is 49.4 Å². The molecule has 2 aromatic rings. The molecule has 1 atom stereocenters. The molecule has 0 spiro atoms. The molecule has 0 bridgehead atoms. The Bertz CT molecular complexity index is 737. The summed E-state index contributed by atoms with van der Waals surface area (Å²) < 4.78 is 5.97. The fourth-order valence-electron chi connectivity index (χ4n) is 3.75. The van der Waals surface area contributed by atoms with Gasteiger partial charge in [0.2, 0.25) is 0 Å². The van der Waals surface area contributed by atoms with Crippen LogP contribution in [0.25, 0.3) is 0 Å². The van der Waals surface area contributed by atoms with Crippen LogP contribution in [0.2, 0.25) is 0 Å². The van der Waals surface area contributed by atoms with Crippen LogP contribution in [0.4, 0.5) is 0 Å². The molecule has 1 heterocycles. The number of hydrogen-bond donors (Lipinski definition) is 2. The normalized spacial score (nSPS) is 15.4. The van der Waals surface area contributed by atoms with Crippen molar-refractivity contribution in [2.75, 3.05) is 39.4 Å². The lowest BCUT2D eigenvalue weighted by molar-refractivity contribution is 0.0631. The van der Waals surface area contributed by atoms with E-state index in [-0.39, 0.29) is 13.2 Å². The molecule has 2 aromatic carbocycles. The van der Waals surface area contributed by atoms with E-state index in [0.717, 1.165) is 43.9 Å². The Morgan fingerprint density at radius 3 is 2.64 bits per heavy atom. The van der Waals surface area contributed by atoms with Crippen LogP contribution < -0.4 is 4.74 Å². The van der Waals surface area contributed by atoms with Gasteiger partial charge < -0.3 is 14.9 Å². The summed E-state index contributed by atoms with van der Waals surface area (Å²) in [7, 11) is 0. The van der Waals surface area contributed by atoms with Gasteiger partial charge in [-0.05, 0) is 30.2 Å². The van der Waals surface area contributed by atoms with E-state index in [0.29, 0.717) is 13.1 Å². The van der Waals surface area contributed by atoms with E-state index in [9.17, 15) is 10.2 Å². The summed E-state index contributed by atoms with van der Waals surface area (Å²) in [5.41, 5.74) is 3.86. The minimum absolute atomic E-state index is 0.147. The molecule has 0 amide bonds. The minimum atomic E-state index is -0.530. The first kappa shape index (κ1) is 20.8. The molecule has 5 nitrogen and oxygen atoms in total. The van der Waals surface area contributed by atoms with E-state index < -0.39 is 6.10 Å². The number of hydrogen-bond acceptors (Lipinski definition) is 5. The molecule has 0 aliphatic carbocycles. The second-order valence-electron chi connectivity index (χ2n) is 7.42. The number of aliphatic hydroxyl groups excluding tert-OH is 2. The SMILES string of the molecule is CCN(CCO)Cc1ccccc1OC[C@@H](O)CN1CCc2ccccc2C1. The van der Waals surface area contributed by atoms with Crippen molar-refractivity contribution in [3.63, 3.8) is 0 Å². The van der Waals surface area contributed by atoms with Gasteiger partial charge in [-0.15, -0.1) is 0 Å². The molecule has 5 heteroatoms. The molecule has 3 rings (SSSR count). The summed E-state index contributed by atoms with van der Waals surface area (Å²) >= 11 is 0. The average molecular weight is 385 g/mol. The fourth-order valence-corrected chi connectivity index (χ4v) is 3.75. The number of β-amino-alcohol motifs (C(OH)–C–C–N with tert-alkyl or cyclic N) is 1. The van der Waals surface area contributed by atoms with Gasteiger partial charge in [-0.2, -0.15) is 0 Å². The predicted molar refractivity (Wildman–Crippen MR) is 111 cm³/mol. The summed E-state index contributed by atoms with van der Waals surface area (Å²) in [6.45, 7) is 7.22. The lowest BCUT2D eigenvalue weighted by Crippen LogP contribution is -2.38. The summed E-state index contributed by atoms with van der Waals surface area (Å²) in [6.07, 6.45) is 0.502. The number of para-hydroxylation sites is 1. The summed E-state index contributed by atoms with van der Waals surface area (Å²) in [6, 6.07) is 16.5. The fraction of sp³-hybridized carbons (Fsp3) is 0.478. The second kappa shape index (κ2) is 10.6. The number of aliphatic hydroxyl groups is 2. The molecule has 1 aliphatic heterocycles. The van der Waals surface area contributed by atoms with E-state index in [1.54, 1.807) is 0 Å². The zero-order chi connectivity index (χ0) is 19.8. The van der Waals surface area contributed by atoms with Crippen molar-refractivity contribution in [2.45, 2.75) is 32.5 Å². The first-order valence-corrected chi connectivity index (χ1v) is 10.2. The van der Waals surface area contributed by atoms with E-state index in [1.165, 1.54) is 11.1 Å². The molecule has 152 valence electrons. The van der Waals surface area contributed by atoms with Gasteiger partial charge in [0, 0.05) is 38.3 Å². The van der Waals surface area contributed by atoms with E-state index in [4.69, 9.17) is 4.74 Å². The number of likely N-dealkylation sites (N-methyl/N-ethyl adjacent to an activating group) is 1. The Hall–Kier alpha value is -1.92. The van der Waals surface area contributed by atoms with Gasteiger partial charge in [0.1, 0.15) is 18.5 Å². The van der Waals surface area contributed by atoms with Crippen molar-refractivity contribution in [2.24, 2.45) is 0 Å². The Morgan fingerprint density at radius 1 is 1.11 bits per heavy atom.